The first-order valence-electron chi connectivity index (χ1n) is 9.70. The van der Waals surface area contributed by atoms with Gasteiger partial charge in [-0.05, 0) is 51.3 Å². The van der Waals surface area contributed by atoms with Crippen LogP contribution in [0.3, 0.4) is 0 Å². The van der Waals surface area contributed by atoms with Gasteiger partial charge < -0.3 is 10.2 Å². The number of anilines is 1. The number of likely N-dealkylation sites (tertiary alicyclic amines) is 1. The molecule has 2 aromatic rings. The molecule has 1 aromatic heterocycles. The molecule has 0 bridgehead atoms. The average Bonchev–Trinajstić information content (AvgIpc) is 2.69. The summed E-state index contributed by atoms with van der Waals surface area (Å²) < 4.78 is 1.19. The number of rotatable bonds is 5. The Morgan fingerprint density at radius 1 is 1.14 bits per heavy atom. The minimum atomic E-state index is -0.395. The molecule has 1 N–H and O–H groups in total. The topological polar surface area (TPSA) is 84.3 Å². The second-order valence-corrected chi connectivity index (χ2v) is 7.28. The molecule has 3 rings (SSSR count). The van der Waals surface area contributed by atoms with Crippen molar-refractivity contribution in [3.05, 3.63) is 58.0 Å². The van der Waals surface area contributed by atoms with E-state index in [1.165, 1.54) is 16.8 Å². The predicted octanol–water partition coefficient (Wildman–Crippen LogP) is 2.60. The maximum atomic E-state index is 12.5. The first kappa shape index (κ1) is 19.8. The summed E-state index contributed by atoms with van der Waals surface area (Å²) in [7, 11) is 0. The van der Waals surface area contributed by atoms with E-state index in [0.717, 1.165) is 31.4 Å². The molecule has 1 saturated heterocycles. The maximum absolute atomic E-state index is 12.5. The molecule has 1 aliphatic heterocycles. The van der Waals surface area contributed by atoms with Crippen LogP contribution in [0.1, 0.15) is 48.7 Å². The van der Waals surface area contributed by atoms with E-state index < -0.39 is 5.91 Å². The van der Waals surface area contributed by atoms with E-state index in [1.807, 2.05) is 36.1 Å². The molecular formula is C21H26N4O3. The van der Waals surface area contributed by atoms with Gasteiger partial charge in [-0.3, -0.25) is 14.4 Å². The predicted molar refractivity (Wildman–Crippen MR) is 107 cm³/mol. The van der Waals surface area contributed by atoms with E-state index >= 15 is 0 Å². The second kappa shape index (κ2) is 8.82. The number of hydrogen-bond donors (Lipinski definition) is 1. The van der Waals surface area contributed by atoms with E-state index in [0.29, 0.717) is 5.69 Å². The van der Waals surface area contributed by atoms with Crippen LogP contribution in [0.5, 0.6) is 0 Å². The molecule has 1 unspecified atom stereocenters. The minimum Gasteiger partial charge on any atom is -0.340 e. The number of carbonyl (C=O) groups excluding carboxylic acids is 2. The summed E-state index contributed by atoms with van der Waals surface area (Å²) in [6, 6.07) is 10.4. The van der Waals surface area contributed by atoms with Crippen molar-refractivity contribution in [2.75, 3.05) is 11.9 Å². The molecule has 28 heavy (non-hydrogen) atoms. The highest BCUT2D eigenvalue weighted by Gasteiger charge is 2.23. The fraction of sp³-hybridized carbons (Fsp3) is 0.429. The zero-order valence-electron chi connectivity index (χ0n) is 16.4. The van der Waals surface area contributed by atoms with Crippen molar-refractivity contribution in [1.82, 2.24) is 14.7 Å². The van der Waals surface area contributed by atoms with Crippen molar-refractivity contribution >= 4 is 17.5 Å². The van der Waals surface area contributed by atoms with E-state index in [9.17, 15) is 14.4 Å². The Bertz CT molecular complexity index is 905. The van der Waals surface area contributed by atoms with Crippen LogP contribution in [0, 0.1) is 6.92 Å². The lowest BCUT2D eigenvalue weighted by molar-refractivity contribution is -0.134. The fourth-order valence-corrected chi connectivity index (χ4v) is 3.38. The summed E-state index contributed by atoms with van der Waals surface area (Å²) in [5.41, 5.74) is 1.56. The molecular weight excluding hydrogens is 356 g/mol. The summed E-state index contributed by atoms with van der Waals surface area (Å²) in [4.78, 5) is 38.9. The van der Waals surface area contributed by atoms with Crippen LogP contribution in [-0.4, -0.2) is 39.1 Å². The van der Waals surface area contributed by atoms with Crippen molar-refractivity contribution in [2.45, 2.75) is 52.1 Å². The third kappa shape index (κ3) is 4.85. The zero-order chi connectivity index (χ0) is 20.1. The number of aryl methyl sites for hydroxylation is 2. The summed E-state index contributed by atoms with van der Waals surface area (Å²) in [5.74, 6) is -0.371. The average molecular weight is 382 g/mol. The number of nitrogens with zero attached hydrogens (tertiary/aromatic N) is 3. The molecule has 1 fully saturated rings. The Kier molecular flexibility index (Phi) is 6.23. The SMILES string of the molecule is Cc1ccc(NC(=O)c2ccc(=O)n(CCC(=O)N3CCCCC3C)n2)cc1. The Morgan fingerprint density at radius 2 is 1.89 bits per heavy atom. The number of benzene rings is 1. The molecule has 1 atom stereocenters. The second-order valence-electron chi connectivity index (χ2n) is 7.28. The van der Waals surface area contributed by atoms with Crippen LogP contribution in [0.2, 0.25) is 0 Å². The smallest absolute Gasteiger partial charge is 0.276 e. The normalized spacial score (nSPS) is 16.6. The van der Waals surface area contributed by atoms with Gasteiger partial charge in [0.25, 0.3) is 11.5 Å². The molecule has 1 aromatic carbocycles. The number of piperidine rings is 1. The summed E-state index contributed by atoms with van der Waals surface area (Å²) >= 11 is 0. The molecule has 0 aliphatic carbocycles. The minimum absolute atomic E-state index is 0.0235. The van der Waals surface area contributed by atoms with Crippen molar-refractivity contribution in [3.8, 4) is 0 Å². The van der Waals surface area contributed by atoms with Crippen molar-refractivity contribution in [2.24, 2.45) is 0 Å². The van der Waals surface area contributed by atoms with E-state index in [2.05, 4.69) is 17.3 Å². The van der Waals surface area contributed by atoms with Crippen LogP contribution in [0.4, 0.5) is 5.69 Å². The van der Waals surface area contributed by atoms with Crippen molar-refractivity contribution in [1.29, 1.82) is 0 Å². The van der Waals surface area contributed by atoms with E-state index in [-0.39, 0.29) is 36.2 Å². The standard InChI is InChI=1S/C21H26N4O3/c1-15-6-8-17(9-7-15)22-21(28)18-10-11-20(27)25(23-18)14-12-19(26)24-13-4-3-5-16(24)2/h6-11,16H,3-5,12-14H2,1-2H3,(H,22,28). The quantitative estimate of drug-likeness (QED) is 0.861. The highest BCUT2D eigenvalue weighted by molar-refractivity contribution is 6.02. The van der Waals surface area contributed by atoms with Gasteiger partial charge in [0.2, 0.25) is 5.91 Å². The molecule has 0 saturated carbocycles. The van der Waals surface area contributed by atoms with Gasteiger partial charge in [0.15, 0.2) is 0 Å². The Balaban J connectivity index is 1.65. The van der Waals surface area contributed by atoms with Gasteiger partial charge in [-0.1, -0.05) is 17.7 Å². The number of hydrogen-bond acceptors (Lipinski definition) is 4. The van der Waals surface area contributed by atoms with Crippen LogP contribution in [0.15, 0.2) is 41.2 Å². The monoisotopic (exact) mass is 382 g/mol. The van der Waals surface area contributed by atoms with Gasteiger partial charge in [0, 0.05) is 30.8 Å². The Hall–Kier alpha value is -2.96. The van der Waals surface area contributed by atoms with Gasteiger partial charge in [0.1, 0.15) is 5.69 Å². The van der Waals surface area contributed by atoms with Crippen LogP contribution < -0.4 is 10.9 Å². The molecule has 7 nitrogen and oxygen atoms in total. The number of carbonyl (C=O) groups is 2. The first-order valence-corrected chi connectivity index (χ1v) is 9.70. The van der Waals surface area contributed by atoms with Crippen molar-refractivity contribution in [3.63, 3.8) is 0 Å². The Labute approximate surface area is 164 Å². The van der Waals surface area contributed by atoms with E-state index in [1.54, 1.807) is 0 Å². The molecule has 0 radical (unpaired) electrons. The Morgan fingerprint density at radius 3 is 2.61 bits per heavy atom. The molecule has 148 valence electrons. The maximum Gasteiger partial charge on any atom is 0.276 e. The van der Waals surface area contributed by atoms with Gasteiger partial charge >= 0.3 is 0 Å². The third-order valence-corrected chi connectivity index (χ3v) is 5.07. The lowest BCUT2D eigenvalue weighted by atomic mass is 10.0. The highest BCUT2D eigenvalue weighted by atomic mass is 16.2. The van der Waals surface area contributed by atoms with Crippen LogP contribution in [-0.2, 0) is 11.3 Å². The first-order chi connectivity index (χ1) is 13.4. The lowest BCUT2D eigenvalue weighted by Gasteiger charge is -2.33. The molecule has 1 aliphatic rings. The summed E-state index contributed by atoms with van der Waals surface area (Å²) in [6.07, 6.45) is 3.37. The van der Waals surface area contributed by atoms with Gasteiger partial charge in [-0.25, -0.2) is 4.68 Å². The highest BCUT2D eigenvalue weighted by Crippen LogP contribution is 2.17. The molecule has 0 spiro atoms. The zero-order valence-corrected chi connectivity index (χ0v) is 16.4. The lowest BCUT2D eigenvalue weighted by Crippen LogP contribution is -2.42. The summed E-state index contributed by atoms with van der Waals surface area (Å²) in [6.45, 7) is 4.94. The number of aromatic nitrogens is 2. The fourth-order valence-electron chi connectivity index (χ4n) is 3.38. The van der Waals surface area contributed by atoms with Gasteiger partial charge in [-0.15, -0.1) is 0 Å². The van der Waals surface area contributed by atoms with Gasteiger partial charge in [-0.2, -0.15) is 5.10 Å². The van der Waals surface area contributed by atoms with E-state index in [4.69, 9.17) is 0 Å². The van der Waals surface area contributed by atoms with Crippen LogP contribution in [0.25, 0.3) is 0 Å². The molecule has 2 amide bonds. The van der Waals surface area contributed by atoms with Crippen LogP contribution >= 0.6 is 0 Å². The molecule has 7 heteroatoms. The third-order valence-electron chi connectivity index (χ3n) is 5.07. The summed E-state index contributed by atoms with van der Waals surface area (Å²) in [5, 5.41) is 6.91. The largest absolute Gasteiger partial charge is 0.340 e. The number of amides is 2. The molecule has 2 heterocycles. The number of nitrogens with one attached hydrogen (secondary N) is 1. The van der Waals surface area contributed by atoms with Gasteiger partial charge in [0.05, 0.1) is 6.54 Å². The van der Waals surface area contributed by atoms with Crippen molar-refractivity contribution < 1.29 is 9.59 Å².